The lowest BCUT2D eigenvalue weighted by atomic mass is 10.1. The number of ether oxygens (including phenoxy) is 1. The highest BCUT2D eigenvalue weighted by molar-refractivity contribution is 9.10. The second kappa shape index (κ2) is 5.76. The molecule has 0 saturated heterocycles. The molecule has 1 heterocycles. The predicted molar refractivity (Wildman–Crippen MR) is 79.6 cm³/mol. The second-order valence-electron chi connectivity index (χ2n) is 4.18. The van der Waals surface area contributed by atoms with Gasteiger partial charge in [-0.1, -0.05) is 11.6 Å². The first-order chi connectivity index (χ1) is 9.40. The molecule has 7 heteroatoms. The number of nitro benzene ring substituents is 1. The number of hydrogen-bond donors (Lipinski definition) is 0. The Balaban J connectivity index is 2.42. The third-order valence-electron chi connectivity index (χ3n) is 2.72. The molecule has 0 unspecified atom stereocenters. The summed E-state index contributed by atoms with van der Waals surface area (Å²) in [6.45, 7) is 3.41. The third kappa shape index (κ3) is 2.91. The molecule has 0 amide bonds. The van der Waals surface area contributed by atoms with Crippen LogP contribution in [0.15, 0.2) is 28.9 Å². The van der Waals surface area contributed by atoms with E-state index >= 15 is 0 Å². The standard InChI is InChI=1S/C13H10BrClN2O3/c1-7-6-11(8(2)5-9(7)17(18)19)20-10-3-4-16-13(15)12(10)14/h3-6H,1-2H3. The van der Waals surface area contributed by atoms with E-state index in [0.717, 1.165) is 0 Å². The van der Waals surface area contributed by atoms with Crippen LogP contribution in [0.2, 0.25) is 5.15 Å². The number of pyridine rings is 1. The van der Waals surface area contributed by atoms with Crippen molar-refractivity contribution in [2.24, 2.45) is 0 Å². The van der Waals surface area contributed by atoms with Gasteiger partial charge < -0.3 is 4.74 Å². The Morgan fingerprint density at radius 1 is 1.30 bits per heavy atom. The lowest BCUT2D eigenvalue weighted by molar-refractivity contribution is -0.385. The molecule has 104 valence electrons. The van der Waals surface area contributed by atoms with Crippen molar-refractivity contribution >= 4 is 33.2 Å². The molecule has 20 heavy (non-hydrogen) atoms. The van der Waals surface area contributed by atoms with Crippen LogP contribution in [0.4, 0.5) is 5.69 Å². The Kier molecular flexibility index (Phi) is 4.25. The van der Waals surface area contributed by atoms with Gasteiger partial charge >= 0.3 is 0 Å². The minimum atomic E-state index is -0.411. The summed E-state index contributed by atoms with van der Waals surface area (Å²) in [5.41, 5.74) is 1.27. The van der Waals surface area contributed by atoms with Gasteiger partial charge in [0.2, 0.25) is 0 Å². The zero-order valence-electron chi connectivity index (χ0n) is 10.7. The number of rotatable bonds is 3. The van der Waals surface area contributed by atoms with Gasteiger partial charge in [-0.05, 0) is 41.4 Å². The van der Waals surface area contributed by atoms with Crippen molar-refractivity contribution in [3.05, 3.63) is 55.3 Å². The molecule has 1 aromatic heterocycles. The molecule has 0 aliphatic carbocycles. The molecule has 2 rings (SSSR count). The van der Waals surface area contributed by atoms with Crippen LogP contribution in [0.5, 0.6) is 11.5 Å². The van der Waals surface area contributed by atoms with Crippen LogP contribution in [0, 0.1) is 24.0 Å². The number of nitrogens with zero attached hydrogens (tertiary/aromatic N) is 2. The van der Waals surface area contributed by atoms with Crippen molar-refractivity contribution in [2.75, 3.05) is 0 Å². The van der Waals surface area contributed by atoms with Crippen LogP contribution in [0.25, 0.3) is 0 Å². The van der Waals surface area contributed by atoms with Crippen molar-refractivity contribution in [2.45, 2.75) is 13.8 Å². The molecule has 1 aromatic carbocycles. The summed E-state index contributed by atoms with van der Waals surface area (Å²) < 4.78 is 6.28. The average Bonchev–Trinajstić information content (AvgIpc) is 2.38. The summed E-state index contributed by atoms with van der Waals surface area (Å²) in [6.07, 6.45) is 1.52. The van der Waals surface area contributed by atoms with E-state index in [4.69, 9.17) is 16.3 Å². The SMILES string of the molecule is Cc1cc([N+](=O)[O-])c(C)cc1Oc1ccnc(Cl)c1Br. The van der Waals surface area contributed by atoms with Gasteiger partial charge in [0, 0.05) is 23.9 Å². The van der Waals surface area contributed by atoms with Gasteiger partial charge in [-0.3, -0.25) is 10.1 Å². The molecular formula is C13H10BrClN2O3. The highest BCUT2D eigenvalue weighted by atomic mass is 79.9. The topological polar surface area (TPSA) is 65.3 Å². The van der Waals surface area contributed by atoms with Gasteiger partial charge in [0.05, 0.1) is 9.40 Å². The number of aryl methyl sites for hydroxylation is 2. The van der Waals surface area contributed by atoms with Crippen molar-refractivity contribution in [1.29, 1.82) is 0 Å². The largest absolute Gasteiger partial charge is 0.456 e. The van der Waals surface area contributed by atoms with Crippen molar-refractivity contribution in [3.63, 3.8) is 0 Å². The van der Waals surface area contributed by atoms with Crippen LogP contribution in [-0.4, -0.2) is 9.91 Å². The summed E-state index contributed by atoms with van der Waals surface area (Å²) in [5.74, 6) is 1.04. The van der Waals surface area contributed by atoms with Crippen LogP contribution in [0.3, 0.4) is 0 Å². The van der Waals surface area contributed by atoms with Crippen molar-refractivity contribution in [1.82, 2.24) is 4.98 Å². The first-order valence-corrected chi connectivity index (χ1v) is 6.80. The van der Waals surface area contributed by atoms with E-state index in [1.54, 1.807) is 26.0 Å². The maximum atomic E-state index is 10.9. The summed E-state index contributed by atoms with van der Waals surface area (Å²) in [7, 11) is 0. The summed E-state index contributed by atoms with van der Waals surface area (Å²) in [6, 6.07) is 4.78. The Labute approximate surface area is 128 Å². The monoisotopic (exact) mass is 356 g/mol. The fourth-order valence-electron chi connectivity index (χ4n) is 1.68. The molecule has 2 aromatic rings. The molecule has 0 atom stereocenters. The number of aromatic nitrogens is 1. The van der Waals surface area contributed by atoms with Gasteiger partial charge in [-0.25, -0.2) is 4.98 Å². The molecule has 5 nitrogen and oxygen atoms in total. The Morgan fingerprint density at radius 2 is 2.00 bits per heavy atom. The van der Waals surface area contributed by atoms with E-state index < -0.39 is 4.92 Å². The molecule has 0 saturated carbocycles. The van der Waals surface area contributed by atoms with Gasteiger partial charge in [0.25, 0.3) is 5.69 Å². The normalized spacial score (nSPS) is 10.4. The third-order valence-corrected chi connectivity index (χ3v) is 4.00. The molecule has 0 N–H and O–H groups in total. The number of halogens is 2. The lowest BCUT2D eigenvalue weighted by Crippen LogP contribution is -1.96. The second-order valence-corrected chi connectivity index (χ2v) is 5.33. The van der Waals surface area contributed by atoms with Gasteiger partial charge in [-0.2, -0.15) is 0 Å². The molecule has 0 fully saturated rings. The van der Waals surface area contributed by atoms with Crippen LogP contribution < -0.4 is 4.74 Å². The lowest BCUT2D eigenvalue weighted by Gasteiger charge is -2.11. The minimum absolute atomic E-state index is 0.0710. The quantitative estimate of drug-likeness (QED) is 0.449. The van der Waals surface area contributed by atoms with Gasteiger partial charge in [0.15, 0.2) is 0 Å². The average molecular weight is 358 g/mol. The summed E-state index contributed by atoms with van der Waals surface area (Å²) >= 11 is 9.18. The van der Waals surface area contributed by atoms with Crippen molar-refractivity contribution in [3.8, 4) is 11.5 Å². The van der Waals surface area contributed by atoms with Gasteiger partial charge in [0.1, 0.15) is 16.7 Å². The first-order valence-electron chi connectivity index (χ1n) is 5.63. The number of benzene rings is 1. The maximum Gasteiger partial charge on any atom is 0.272 e. The molecule has 0 aliphatic rings. The molecule has 0 spiro atoms. The Hall–Kier alpha value is -1.66. The molecular weight excluding hydrogens is 348 g/mol. The van der Waals surface area contributed by atoms with Crippen LogP contribution >= 0.6 is 27.5 Å². The minimum Gasteiger partial charge on any atom is -0.456 e. The van der Waals surface area contributed by atoms with E-state index in [1.807, 2.05) is 0 Å². The van der Waals surface area contributed by atoms with Crippen LogP contribution in [0.1, 0.15) is 11.1 Å². The fourth-order valence-corrected chi connectivity index (χ4v) is 2.15. The van der Waals surface area contributed by atoms with Gasteiger partial charge in [-0.15, -0.1) is 0 Å². The highest BCUT2D eigenvalue weighted by Crippen LogP contribution is 2.36. The maximum absolute atomic E-state index is 10.9. The Bertz CT molecular complexity index is 692. The van der Waals surface area contributed by atoms with Crippen molar-refractivity contribution < 1.29 is 9.66 Å². The van der Waals surface area contributed by atoms with E-state index in [9.17, 15) is 10.1 Å². The molecule has 0 radical (unpaired) electrons. The van der Waals surface area contributed by atoms with E-state index in [1.165, 1.54) is 12.3 Å². The zero-order chi connectivity index (χ0) is 14.9. The van der Waals surface area contributed by atoms with E-state index in [-0.39, 0.29) is 5.69 Å². The molecule has 0 aliphatic heterocycles. The number of hydrogen-bond acceptors (Lipinski definition) is 4. The van der Waals surface area contributed by atoms with Crippen LogP contribution in [-0.2, 0) is 0 Å². The van der Waals surface area contributed by atoms with E-state index in [2.05, 4.69) is 20.9 Å². The summed E-state index contributed by atoms with van der Waals surface area (Å²) in [4.78, 5) is 14.4. The predicted octanol–water partition coefficient (Wildman–Crippen LogP) is 4.81. The number of nitro groups is 1. The Morgan fingerprint density at radius 3 is 2.65 bits per heavy atom. The zero-order valence-corrected chi connectivity index (χ0v) is 13.0. The highest BCUT2D eigenvalue weighted by Gasteiger charge is 2.15. The summed E-state index contributed by atoms with van der Waals surface area (Å²) in [5, 5.41) is 11.2. The fraction of sp³-hybridized carbons (Fsp3) is 0.154. The smallest absolute Gasteiger partial charge is 0.272 e. The molecule has 0 bridgehead atoms. The van der Waals surface area contributed by atoms with E-state index in [0.29, 0.717) is 32.3 Å². The first kappa shape index (κ1) is 14.7.